The Balaban J connectivity index is 1.70. The molecule has 1 fully saturated rings. The molecular weight excluding hydrogens is 340 g/mol. The molecule has 1 saturated carbocycles. The largest absolute Gasteiger partial charge is 0.368 e. The van der Waals surface area contributed by atoms with Crippen molar-refractivity contribution < 1.29 is 4.79 Å². The van der Waals surface area contributed by atoms with Crippen LogP contribution in [0.1, 0.15) is 37.7 Å². The highest BCUT2D eigenvalue weighted by Crippen LogP contribution is 2.39. The van der Waals surface area contributed by atoms with E-state index in [2.05, 4.69) is 32.6 Å². The standard InChI is InChI=1S/C20H24N6O/c1-2-22-19-15-12-23-18(11-16(15)24-25-19)26(20(21)27)17-10-6-9-14(17)13-7-4-3-5-8-13/h3-5,7-8,11-12,14,17H,2,6,9-10H2,1H3,(H2,21,27)(H2,22,24,25). The summed E-state index contributed by atoms with van der Waals surface area (Å²) in [5.74, 6) is 1.59. The number of urea groups is 1. The fraction of sp³-hybridized carbons (Fsp3) is 0.350. The molecule has 1 aliphatic carbocycles. The molecule has 27 heavy (non-hydrogen) atoms. The Morgan fingerprint density at radius 3 is 2.89 bits per heavy atom. The van der Waals surface area contributed by atoms with Crippen LogP contribution in [0.2, 0.25) is 0 Å². The van der Waals surface area contributed by atoms with Gasteiger partial charge in [0.2, 0.25) is 0 Å². The first-order valence-corrected chi connectivity index (χ1v) is 9.40. The molecule has 7 heteroatoms. The number of hydrogen-bond acceptors (Lipinski definition) is 4. The van der Waals surface area contributed by atoms with Crippen molar-refractivity contribution >= 4 is 28.6 Å². The fourth-order valence-electron chi connectivity index (χ4n) is 4.12. The van der Waals surface area contributed by atoms with Crippen LogP contribution in [0.25, 0.3) is 10.9 Å². The number of nitrogens with two attached hydrogens (primary N) is 1. The summed E-state index contributed by atoms with van der Waals surface area (Å²) in [7, 11) is 0. The van der Waals surface area contributed by atoms with Gasteiger partial charge in [0.1, 0.15) is 5.82 Å². The third kappa shape index (κ3) is 3.20. The minimum Gasteiger partial charge on any atom is -0.368 e. The monoisotopic (exact) mass is 364 g/mol. The lowest BCUT2D eigenvalue weighted by Gasteiger charge is -2.31. The summed E-state index contributed by atoms with van der Waals surface area (Å²) in [5, 5.41) is 11.4. The zero-order valence-electron chi connectivity index (χ0n) is 15.4. The number of fused-ring (bicyclic) bond motifs is 1. The van der Waals surface area contributed by atoms with Gasteiger partial charge in [0.25, 0.3) is 0 Å². The lowest BCUT2D eigenvalue weighted by Crippen LogP contribution is -2.45. The molecule has 2 amide bonds. The summed E-state index contributed by atoms with van der Waals surface area (Å²) in [6.45, 7) is 2.79. The van der Waals surface area contributed by atoms with Gasteiger partial charge < -0.3 is 11.1 Å². The van der Waals surface area contributed by atoms with Crippen LogP contribution in [0.3, 0.4) is 0 Å². The lowest BCUT2D eigenvalue weighted by atomic mass is 9.93. The van der Waals surface area contributed by atoms with Crippen molar-refractivity contribution in [1.82, 2.24) is 15.2 Å². The van der Waals surface area contributed by atoms with E-state index in [9.17, 15) is 4.79 Å². The predicted octanol–water partition coefficient (Wildman–Crippen LogP) is 3.61. The summed E-state index contributed by atoms with van der Waals surface area (Å²) in [6, 6.07) is 11.7. The number of aromatic nitrogens is 3. The predicted molar refractivity (Wildman–Crippen MR) is 107 cm³/mol. The third-order valence-corrected chi connectivity index (χ3v) is 5.30. The molecule has 0 aliphatic heterocycles. The van der Waals surface area contributed by atoms with Crippen molar-refractivity contribution in [1.29, 1.82) is 0 Å². The molecule has 2 unspecified atom stereocenters. The average molecular weight is 364 g/mol. The number of aromatic amines is 1. The number of nitrogens with zero attached hydrogens (tertiary/aromatic N) is 3. The van der Waals surface area contributed by atoms with Gasteiger partial charge in [-0.3, -0.25) is 10.00 Å². The maximum absolute atomic E-state index is 12.4. The summed E-state index contributed by atoms with van der Waals surface area (Å²) < 4.78 is 0. The first-order chi connectivity index (χ1) is 13.2. The van der Waals surface area contributed by atoms with Gasteiger partial charge in [-0.1, -0.05) is 36.8 Å². The first kappa shape index (κ1) is 17.3. The van der Waals surface area contributed by atoms with E-state index in [1.165, 1.54) is 5.56 Å². The van der Waals surface area contributed by atoms with Crippen molar-refractivity contribution in [3.05, 3.63) is 48.2 Å². The molecule has 1 aliphatic rings. The van der Waals surface area contributed by atoms with E-state index in [4.69, 9.17) is 5.73 Å². The summed E-state index contributed by atoms with van der Waals surface area (Å²) in [4.78, 5) is 18.6. The van der Waals surface area contributed by atoms with Crippen LogP contribution >= 0.6 is 0 Å². The van der Waals surface area contributed by atoms with E-state index in [-0.39, 0.29) is 12.0 Å². The Morgan fingerprint density at radius 2 is 2.15 bits per heavy atom. The minimum atomic E-state index is -0.471. The van der Waals surface area contributed by atoms with Crippen molar-refractivity contribution in [3.63, 3.8) is 0 Å². The Morgan fingerprint density at radius 1 is 1.33 bits per heavy atom. The molecule has 1 aromatic carbocycles. The maximum Gasteiger partial charge on any atom is 0.320 e. The van der Waals surface area contributed by atoms with Crippen molar-refractivity contribution in [3.8, 4) is 0 Å². The smallest absolute Gasteiger partial charge is 0.320 e. The van der Waals surface area contributed by atoms with E-state index < -0.39 is 6.03 Å². The van der Waals surface area contributed by atoms with Crippen molar-refractivity contribution in [2.45, 2.75) is 38.1 Å². The molecule has 140 valence electrons. The number of nitrogens with one attached hydrogen (secondary N) is 2. The van der Waals surface area contributed by atoms with Crippen LogP contribution < -0.4 is 16.0 Å². The molecule has 0 bridgehead atoms. The molecule has 4 rings (SSSR count). The third-order valence-electron chi connectivity index (χ3n) is 5.30. The Hall–Kier alpha value is -3.09. The zero-order chi connectivity index (χ0) is 18.8. The van der Waals surface area contributed by atoms with Crippen LogP contribution in [0.4, 0.5) is 16.4 Å². The SMILES string of the molecule is CCNc1n[nH]c2cc(N(C(N)=O)C3CCCC3c3ccccc3)ncc12. The van der Waals surface area contributed by atoms with Gasteiger partial charge in [-0.15, -0.1) is 0 Å². The highest BCUT2D eigenvalue weighted by molar-refractivity contribution is 5.95. The molecule has 3 aromatic rings. The maximum atomic E-state index is 12.4. The van der Waals surface area contributed by atoms with Gasteiger partial charge in [0.15, 0.2) is 5.82 Å². The molecule has 0 saturated heterocycles. The number of H-pyrrole nitrogens is 1. The molecule has 0 radical (unpaired) electrons. The molecular formula is C20H24N6O. The number of primary amides is 1. The lowest BCUT2D eigenvalue weighted by molar-refractivity contribution is 0.251. The van der Waals surface area contributed by atoms with Gasteiger partial charge >= 0.3 is 6.03 Å². The summed E-state index contributed by atoms with van der Waals surface area (Å²) >= 11 is 0. The number of pyridine rings is 1. The van der Waals surface area contributed by atoms with Gasteiger partial charge in [-0.2, -0.15) is 5.10 Å². The highest BCUT2D eigenvalue weighted by Gasteiger charge is 2.36. The number of anilines is 2. The van der Waals surface area contributed by atoms with Crippen LogP contribution in [0.5, 0.6) is 0 Å². The number of hydrogen-bond donors (Lipinski definition) is 3. The molecule has 4 N–H and O–H groups in total. The number of carbonyl (C=O) groups excluding carboxylic acids is 1. The molecule has 2 aromatic heterocycles. The van der Waals surface area contributed by atoms with Gasteiger partial charge in [0, 0.05) is 30.8 Å². The molecule has 7 nitrogen and oxygen atoms in total. The van der Waals surface area contributed by atoms with E-state index in [1.807, 2.05) is 31.2 Å². The van der Waals surface area contributed by atoms with Crippen molar-refractivity contribution in [2.24, 2.45) is 5.73 Å². The van der Waals surface area contributed by atoms with E-state index >= 15 is 0 Å². The Bertz CT molecular complexity index is 938. The first-order valence-electron chi connectivity index (χ1n) is 9.40. The highest BCUT2D eigenvalue weighted by atomic mass is 16.2. The van der Waals surface area contributed by atoms with Gasteiger partial charge in [-0.25, -0.2) is 9.78 Å². The second-order valence-corrected chi connectivity index (χ2v) is 6.91. The summed E-state index contributed by atoms with van der Waals surface area (Å²) in [5.41, 5.74) is 7.86. The molecule has 0 spiro atoms. The topological polar surface area (TPSA) is 99.9 Å². The fourth-order valence-corrected chi connectivity index (χ4v) is 4.12. The van der Waals surface area contributed by atoms with Crippen LogP contribution in [0, 0.1) is 0 Å². The molecule has 2 heterocycles. The van der Waals surface area contributed by atoms with E-state index in [1.54, 1.807) is 11.1 Å². The van der Waals surface area contributed by atoms with Crippen LogP contribution in [-0.4, -0.2) is 33.8 Å². The quantitative estimate of drug-likeness (QED) is 0.644. The Kier molecular flexibility index (Phi) is 4.66. The number of rotatable bonds is 5. The number of carbonyl (C=O) groups is 1. The number of benzene rings is 1. The normalized spacial score (nSPS) is 19.3. The van der Waals surface area contributed by atoms with Crippen LogP contribution in [-0.2, 0) is 0 Å². The number of amides is 2. The Labute approximate surface area is 158 Å². The van der Waals surface area contributed by atoms with Crippen molar-refractivity contribution in [2.75, 3.05) is 16.8 Å². The minimum absolute atomic E-state index is 0.00556. The van der Waals surface area contributed by atoms with Gasteiger partial charge in [-0.05, 0) is 25.3 Å². The van der Waals surface area contributed by atoms with E-state index in [0.29, 0.717) is 5.82 Å². The molecule has 2 atom stereocenters. The van der Waals surface area contributed by atoms with Crippen LogP contribution in [0.15, 0.2) is 42.6 Å². The second kappa shape index (κ2) is 7.26. The van der Waals surface area contributed by atoms with Gasteiger partial charge in [0.05, 0.1) is 10.9 Å². The summed E-state index contributed by atoms with van der Waals surface area (Å²) in [6.07, 6.45) is 4.75. The van der Waals surface area contributed by atoms with E-state index in [0.717, 1.165) is 42.5 Å². The average Bonchev–Trinajstić information content (AvgIpc) is 3.30. The second-order valence-electron chi connectivity index (χ2n) is 6.91. The zero-order valence-corrected chi connectivity index (χ0v) is 15.4.